The minimum absolute atomic E-state index is 0.0608. The maximum atomic E-state index is 12.3. The van der Waals surface area contributed by atoms with Crippen molar-refractivity contribution in [2.24, 2.45) is 0 Å². The Kier molecular flexibility index (Phi) is 4.11. The summed E-state index contributed by atoms with van der Waals surface area (Å²) in [5, 5.41) is 14.1. The molecule has 1 rings (SSSR count). The maximum Gasteiger partial charge on any atom is 0.435 e. The van der Waals surface area contributed by atoms with E-state index in [9.17, 15) is 18.0 Å². The molecule has 1 heterocycles. The Morgan fingerprint density at radius 2 is 2.24 bits per heavy atom. The van der Waals surface area contributed by atoms with E-state index >= 15 is 0 Å². The van der Waals surface area contributed by atoms with Crippen LogP contribution in [0, 0.1) is 6.92 Å². The average molecular weight is 251 g/mol. The van der Waals surface area contributed by atoms with Crippen LogP contribution in [0.2, 0.25) is 0 Å². The number of amides is 1. The summed E-state index contributed by atoms with van der Waals surface area (Å²) in [6.45, 7) is 0.965. The summed E-state index contributed by atoms with van der Waals surface area (Å²) in [7, 11) is 0. The zero-order valence-corrected chi connectivity index (χ0v) is 9.08. The summed E-state index contributed by atoms with van der Waals surface area (Å²) in [5.74, 6) is -0.501. The molecule has 0 saturated carbocycles. The Hall–Kier alpha value is -1.57. The van der Waals surface area contributed by atoms with Gasteiger partial charge in [-0.3, -0.25) is 9.48 Å². The second kappa shape index (κ2) is 5.17. The number of nitrogens with one attached hydrogen (secondary N) is 1. The van der Waals surface area contributed by atoms with Gasteiger partial charge in [0.25, 0.3) is 0 Å². The molecule has 0 aliphatic carbocycles. The van der Waals surface area contributed by atoms with E-state index in [4.69, 9.17) is 5.11 Å². The first-order valence-electron chi connectivity index (χ1n) is 4.84. The molecule has 0 unspecified atom stereocenters. The largest absolute Gasteiger partial charge is 0.435 e. The Morgan fingerprint density at radius 1 is 1.59 bits per heavy atom. The van der Waals surface area contributed by atoms with Crippen molar-refractivity contribution in [1.29, 1.82) is 0 Å². The standard InChI is InChI=1S/C9H12F3N3O2/c1-6-4-7(9(10,11)12)14-15(6)5-8(17)13-2-3-16/h4,16H,2-3,5H2,1H3,(H,13,17). The third-order valence-electron chi connectivity index (χ3n) is 2.00. The molecule has 0 aliphatic rings. The van der Waals surface area contributed by atoms with E-state index in [1.165, 1.54) is 6.92 Å². The van der Waals surface area contributed by atoms with Crippen LogP contribution < -0.4 is 5.32 Å². The van der Waals surface area contributed by atoms with Crippen molar-refractivity contribution in [1.82, 2.24) is 15.1 Å². The molecule has 0 fully saturated rings. The number of halogens is 3. The summed E-state index contributed by atoms with van der Waals surface area (Å²) in [4.78, 5) is 11.2. The molecule has 0 saturated heterocycles. The molecule has 17 heavy (non-hydrogen) atoms. The Balaban J connectivity index is 2.72. The van der Waals surface area contributed by atoms with Crippen molar-refractivity contribution in [3.8, 4) is 0 Å². The van der Waals surface area contributed by atoms with Crippen LogP contribution in [0.1, 0.15) is 11.4 Å². The molecule has 1 aromatic rings. The fraction of sp³-hybridized carbons (Fsp3) is 0.556. The van der Waals surface area contributed by atoms with E-state index in [2.05, 4.69) is 10.4 Å². The topological polar surface area (TPSA) is 67.2 Å². The monoisotopic (exact) mass is 251 g/mol. The van der Waals surface area contributed by atoms with Gasteiger partial charge in [0.2, 0.25) is 5.91 Å². The lowest BCUT2D eigenvalue weighted by molar-refractivity contribution is -0.141. The Labute approximate surface area is 95.2 Å². The molecule has 0 aliphatic heterocycles. The van der Waals surface area contributed by atoms with Gasteiger partial charge in [0.15, 0.2) is 5.69 Å². The molecule has 0 spiro atoms. The number of aliphatic hydroxyl groups excluding tert-OH is 1. The van der Waals surface area contributed by atoms with Crippen LogP contribution in [-0.2, 0) is 17.5 Å². The number of rotatable bonds is 4. The highest BCUT2D eigenvalue weighted by atomic mass is 19.4. The smallest absolute Gasteiger partial charge is 0.395 e. The van der Waals surface area contributed by atoms with Gasteiger partial charge in [-0.2, -0.15) is 18.3 Å². The first-order chi connectivity index (χ1) is 7.84. The van der Waals surface area contributed by atoms with Crippen LogP contribution in [0.3, 0.4) is 0 Å². The second-order valence-electron chi connectivity index (χ2n) is 3.40. The highest BCUT2D eigenvalue weighted by molar-refractivity contribution is 5.75. The first kappa shape index (κ1) is 13.5. The first-order valence-corrected chi connectivity index (χ1v) is 4.84. The van der Waals surface area contributed by atoms with Crippen LogP contribution >= 0.6 is 0 Å². The molecule has 5 nitrogen and oxygen atoms in total. The molecule has 8 heteroatoms. The molecular weight excluding hydrogens is 239 g/mol. The van der Waals surface area contributed by atoms with Gasteiger partial charge in [-0.25, -0.2) is 0 Å². The van der Waals surface area contributed by atoms with Crippen molar-refractivity contribution >= 4 is 5.91 Å². The summed E-state index contributed by atoms with van der Waals surface area (Å²) < 4.78 is 37.9. The molecule has 2 N–H and O–H groups in total. The van der Waals surface area contributed by atoms with Gasteiger partial charge < -0.3 is 10.4 Å². The predicted octanol–water partition coefficient (Wildman–Crippen LogP) is 0.319. The number of aliphatic hydroxyl groups is 1. The second-order valence-corrected chi connectivity index (χ2v) is 3.40. The highest BCUT2D eigenvalue weighted by Crippen LogP contribution is 2.28. The van der Waals surface area contributed by atoms with Crippen molar-refractivity contribution < 1.29 is 23.1 Å². The minimum atomic E-state index is -4.52. The van der Waals surface area contributed by atoms with Crippen LogP contribution in [0.25, 0.3) is 0 Å². The van der Waals surface area contributed by atoms with E-state index in [0.29, 0.717) is 0 Å². The van der Waals surface area contributed by atoms with E-state index in [1.807, 2.05) is 0 Å². The fourth-order valence-electron chi connectivity index (χ4n) is 1.20. The number of hydrogen-bond acceptors (Lipinski definition) is 3. The van der Waals surface area contributed by atoms with Crippen molar-refractivity contribution in [3.05, 3.63) is 17.5 Å². The average Bonchev–Trinajstić information content (AvgIpc) is 2.57. The predicted molar refractivity (Wildman–Crippen MR) is 52.1 cm³/mol. The van der Waals surface area contributed by atoms with E-state index in [-0.39, 0.29) is 25.4 Å². The Bertz CT molecular complexity index is 401. The van der Waals surface area contributed by atoms with Gasteiger partial charge >= 0.3 is 6.18 Å². The normalized spacial score (nSPS) is 11.6. The van der Waals surface area contributed by atoms with E-state index in [1.54, 1.807) is 0 Å². The maximum absolute atomic E-state index is 12.3. The summed E-state index contributed by atoms with van der Waals surface area (Å²) >= 11 is 0. The zero-order chi connectivity index (χ0) is 13.1. The number of aromatic nitrogens is 2. The van der Waals surface area contributed by atoms with Crippen LogP contribution in [0.4, 0.5) is 13.2 Å². The van der Waals surface area contributed by atoms with Crippen molar-refractivity contribution in [2.45, 2.75) is 19.6 Å². The third-order valence-corrected chi connectivity index (χ3v) is 2.00. The molecule has 0 aromatic carbocycles. The zero-order valence-electron chi connectivity index (χ0n) is 9.08. The van der Waals surface area contributed by atoms with Gasteiger partial charge in [-0.15, -0.1) is 0 Å². The van der Waals surface area contributed by atoms with Crippen molar-refractivity contribution in [3.63, 3.8) is 0 Å². The minimum Gasteiger partial charge on any atom is -0.395 e. The molecule has 0 atom stereocenters. The number of carbonyl (C=O) groups is 1. The lowest BCUT2D eigenvalue weighted by atomic mass is 10.3. The lowest BCUT2D eigenvalue weighted by Crippen LogP contribution is -2.30. The molecule has 0 bridgehead atoms. The molecule has 1 amide bonds. The molecular formula is C9H12F3N3O2. The molecule has 96 valence electrons. The number of nitrogens with zero attached hydrogens (tertiary/aromatic N) is 2. The summed E-state index contributed by atoms with van der Waals surface area (Å²) in [6.07, 6.45) is -4.52. The van der Waals surface area contributed by atoms with Gasteiger partial charge in [0, 0.05) is 12.2 Å². The number of carbonyl (C=O) groups excluding carboxylic acids is 1. The SMILES string of the molecule is Cc1cc(C(F)(F)F)nn1CC(=O)NCCO. The quantitative estimate of drug-likeness (QED) is 0.809. The van der Waals surface area contributed by atoms with Crippen LogP contribution in [0.5, 0.6) is 0 Å². The van der Waals surface area contributed by atoms with Gasteiger partial charge in [0.1, 0.15) is 6.54 Å². The molecule has 1 aromatic heterocycles. The van der Waals surface area contributed by atoms with Gasteiger partial charge in [-0.1, -0.05) is 0 Å². The van der Waals surface area contributed by atoms with Gasteiger partial charge in [-0.05, 0) is 13.0 Å². The van der Waals surface area contributed by atoms with Gasteiger partial charge in [0.05, 0.1) is 6.61 Å². The van der Waals surface area contributed by atoms with Crippen molar-refractivity contribution in [2.75, 3.05) is 13.2 Å². The number of alkyl halides is 3. The highest BCUT2D eigenvalue weighted by Gasteiger charge is 2.34. The number of aryl methyl sites for hydroxylation is 1. The summed E-state index contributed by atoms with van der Waals surface area (Å²) in [6, 6.07) is 0.874. The van der Waals surface area contributed by atoms with Crippen LogP contribution in [-0.4, -0.2) is 33.9 Å². The summed E-state index contributed by atoms with van der Waals surface area (Å²) in [5.41, 5.74) is -0.776. The third kappa shape index (κ3) is 3.74. The van der Waals surface area contributed by atoms with E-state index in [0.717, 1.165) is 10.7 Å². The van der Waals surface area contributed by atoms with Crippen LogP contribution in [0.15, 0.2) is 6.07 Å². The van der Waals surface area contributed by atoms with E-state index < -0.39 is 17.8 Å². The molecule has 0 radical (unpaired) electrons. The number of hydrogen-bond donors (Lipinski definition) is 2. The fourth-order valence-corrected chi connectivity index (χ4v) is 1.20. The Morgan fingerprint density at radius 3 is 2.71 bits per heavy atom. The lowest BCUT2D eigenvalue weighted by Gasteiger charge is -2.05.